The maximum Gasteiger partial charge on any atom is 0.420 e. The number of fused-ring (bicyclic) bond motifs is 1. The lowest BCUT2D eigenvalue weighted by atomic mass is 10.1. The molecule has 23 heavy (non-hydrogen) atoms. The molecule has 0 aliphatic carbocycles. The standard InChI is InChI=1S/C14H12N2O6S/c15-23(19,20)22-12-5-2-10(3-6-12)16-8-9-1-4-11(17)7-13(9)21-14(16)18/h1-7,17H,8H2,(H2,15,19,20). The fraction of sp³-hybridized carbons (Fsp3) is 0.0714. The largest absolute Gasteiger partial charge is 0.508 e. The topological polar surface area (TPSA) is 119 Å². The maximum absolute atomic E-state index is 12.1. The van der Waals surface area contributed by atoms with E-state index in [4.69, 9.17) is 9.88 Å². The van der Waals surface area contributed by atoms with Gasteiger partial charge >= 0.3 is 16.4 Å². The van der Waals surface area contributed by atoms with Crippen LogP contribution in [-0.4, -0.2) is 19.6 Å². The van der Waals surface area contributed by atoms with Crippen molar-refractivity contribution >= 4 is 22.1 Å². The number of aromatic hydroxyl groups is 1. The van der Waals surface area contributed by atoms with Crippen LogP contribution in [-0.2, 0) is 16.8 Å². The molecule has 1 aliphatic rings. The number of amides is 1. The van der Waals surface area contributed by atoms with Crippen LogP contribution in [0.3, 0.4) is 0 Å². The van der Waals surface area contributed by atoms with Crippen LogP contribution < -0.4 is 19.0 Å². The summed E-state index contributed by atoms with van der Waals surface area (Å²) in [5.41, 5.74) is 1.22. The van der Waals surface area contributed by atoms with E-state index in [0.717, 1.165) is 5.56 Å². The fourth-order valence-corrected chi connectivity index (χ4v) is 2.54. The number of nitrogens with zero attached hydrogens (tertiary/aromatic N) is 1. The molecule has 0 saturated carbocycles. The lowest BCUT2D eigenvalue weighted by Gasteiger charge is -2.28. The van der Waals surface area contributed by atoms with E-state index >= 15 is 0 Å². The molecule has 0 unspecified atom stereocenters. The maximum atomic E-state index is 12.1. The van der Waals surface area contributed by atoms with E-state index in [1.54, 1.807) is 6.07 Å². The molecule has 0 atom stereocenters. The Balaban J connectivity index is 1.85. The fourth-order valence-electron chi connectivity index (χ4n) is 2.17. The molecule has 0 radical (unpaired) electrons. The van der Waals surface area contributed by atoms with E-state index in [9.17, 15) is 18.3 Å². The SMILES string of the molecule is NS(=O)(=O)Oc1ccc(N2Cc3ccc(O)cc3OC2=O)cc1. The van der Waals surface area contributed by atoms with Crippen molar-refractivity contribution in [1.29, 1.82) is 0 Å². The molecule has 0 fully saturated rings. The molecule has 1 amide bonds. The van der Waals surface area contributed by atoms with E-state index in [-0.39, 0.29) is 18.0 Å². The summed E-state index contributed by atoms with van der Waals surface area (Å²) in [7, 11) is -4.10. The van der Waals surface area contributed by atoms with Crippen molar-refractivity contribution in [3.63, 3.8) is 0 Å². The summed E-state index contributed by atoms with van der Waals surface area (Å²) in [5, 5.41) is 14.2. The second-order valence-corrected chi connectivity index (χ2v) is 5.97. The van der Waals surface area contributed by atoms with Crippen molar-refractivity contribution in [2.45, 2.75) is 6.54 Å². The van der Waals surface area contributed by atoms with Crippen LogP contribution in [0.1, 0.15) is 5.56 Å². The number of anilines is 1. The number of ether oxygens (including phenoxy) is 1. The highest BCUT2D eigenvalue weighted by molar-refractivity contribution is 7.84. The average Bonchev–Trinajstić information content (AvgIpc) is 2.46. The third kappa shape index (κ3) is 3.35. The van der Waals surface area contributed by atoms with E-state index in [1.165, 1.54) is 41.3 Å². The number of carbonyl (C=O) groups excluding carboxylic acids is 1. The van der Waals surface area contributed by atoms with Gasteiger partial charge in [0.05, 0.1) is 6.54 Å². The van der Waals surface area contributed by atoms with Gasteiger partial charge in [-0.05, 0) is 36.4 Å². The highest BCUT2D eigenvalue weighted by Crippen LogP contribution is 2.32. The first-order chi connectivity index (χ1) is 10.8. The molecule has 120 valence electrons. The average molecular weight is 336 g/mol. The Hall–Kier alpha value is -2.78. The van der Waals surface area contributed by atoms with Gasteiger partial charge in [-0.15, -0.1) is 0 Å². The zero-order valence-corrected chi connectivity index (χ0v) is 12.5. The Kier molecular flexibility index (Phi) is 3.58. The summed E-state index contributed by atoms with van der Waals surface area (Å²) in [6.07, 6.45) is -0.608. The Bertz CT molecular complexity index is 863. The number of hydrogen-bond donors (Lipinski definition) is 2. The van der Waals surface area contributed by atoms with Gasteiger partial charge in [0.2, 0.25) is 0 Å². The second-order valence-electron chi connectivity index (χ2n) is 4.82. The normalized spacial score (nSPS) is 14.1. The second kappa shape index (κ2) is 5.45. The Morgan fingerprint density at radius 1 is 1.17 bits per heavy atom. The Morgan fingerprint density at radius 2 is 1.87 bits per heavy atom. The first-order valence-electron chi connectivity index (χ1n) is 6.45. The highest BCUT2D eigenvalue weighted by atomic mass is 32.2. The van der Waals surface area contributed by atoms with Crippen LogP contribution in [0.2, 0.25) is 0 Å². The van der Waals surface area contributed by atoms with Crippen molar-refractivity contribution in [3.05, 3.63) is 48.0 Å². The summed E-state index contributed by atoms with van der Waals surface area (Å²) in [6, 6.07) is 10.3. The number of benzene rings is 2. The highest BCUT2D eigenvalue weighted by Gasteiger charge is 2.26. The number of hydrogen-bond acceptors (Lipinski definition) is 6. The third-order valence-electron chi connectivity index (χ3n) is 3.16. The molecular weight excluding hydrogens is 324 g/mol. The van der Waals surface area contributed by atoms with E-state index < -0.39 is 16.4 Å². The minimum absolute atomic E-state index is 0.00879. The number of carbonyl (C=O) groups is 1. The Labute approximate surface area is 131 Å². The minimum Gasteiger partial charge on any atom is -0.508 e. The molecule has 8 nitrogen and oxygen atoms in total. The molecule has 3 N–H and O–H groups in total. The van der Waals surface area contributed by atoms with E-state index in [2.05, 4.69) is 4.18 Å². The van der Waals surface area contributed by atoms with Crippen LogP contribution in [0.15, 0.2) is 42.5 Å². The minimum atomic E-state index is -4.10. The molecule has 1 aliphatic heterocycles. The van der Waals surface area contributed by atoms with Crippen LogP contribution in [0.25, 0.3) is 0 Å². The van der Waals surface area contributed by atoms with Crippen LogP contribution >= 0.6 is 0 Å². The zero-order chi connectivity index (χ0) is 16.6. The molecule has 0 saturated heterocycles. The number of phenols is 1. The van der Waals surface area contributed by atoms with Crippen molar-refractivity contribution in [3.8, 4) is 17.2 Å². The first kappa shape index (κ1) is 15.1. The molecule has 2 aromatic carbocycles. The van der Waals surface area contributed by atoms with E-state index in [1.807, 2.05) is 0 Å². The predicted molar refractivity (Wildman–Crippen MR) is 80.5 cm³/mol. The van der Waals surface area contributed by atoms with Gasteiger partial charge in [0, 0.05) is 17.3 Å². The first-order valence-corrected chi connectivity index (χ1v) is 7.92. The monoisotopic (exact) mass is 336 g/mol. The molecule has 3 rings (SSSR count). The molecule has 0 bridgehead atoms. The number of rotatable bonds is 3. The van der Waals surface area contributed by atoms with Crippen molar-refractivity contribution in [2.24, 2.45) is 5.14 Å². The summed E-state index contributed by atoms with van der Waals surface area (Å²) in [6.45, 7) is 0.254. The molecule has 0 aromatic heterocycles. The van der Waals surface area contributed by atoms with Gasteiger partial charge in [0.25, 0.3) is 0 Å². The van der Waals surface area contributed by atoms with Gasteiger partial charge in [-0.25, -0.2) is 4.79 Å². The van der Waals surface area contributed by atoms with E-state index in [0.29, 0.717) is 11.4 Å². The summed E-state index contributed by atoms with van der Waals surface area (Å²) in [4.78, 5) is 13.4. The summed E-state index contributed by atoms with van der Waals surface area (Å²) < 4.78 is 31.4. The van der Waals surface area contributed by atoms with Crippen molar-refractivity contribution < 1.29 is 27.2 Å². The molecule has 2 aromatic rings. The number of phenolic OH excluding ortho intramolecular Hbond substituents is 1. The Morgan fingerprint density at radius 3 is 2.52 bits per heavy atom. The summed E-state index contributed by atoms with van der Waals surface area (Å²) in [5.74, 6) is 0.349. The molecule has 9 heteroatoms. The van der Waals surface area contributed by atoms with Crippen LogP contribution in [0.5, 0.6) is 17.2 Å². The smallest absolute Gasteiger partial charge is 0.420 e. The van der Waals surface area contributed by atoms with Crippen molar-refractivity contribution in [1.82, 2.24) is 0 Å². The third-order valence-corrected chi connectivity index (χ3v) is 3.58. The van der Waals surface area contributed by atoms with Crippen LogP contribution in [0.4, 0.5) is 10.5 Å². The van der Waals surface area contributed by atoms with Gasteiger partial charge in [-0.1, -0.05) is 0 Å². The zero-order valence-electron chi connectivity index (χ0n) is 11.7. The lowest BCUT2D eigenvalue weighted by Crippen LogP contribution is -2.36. The van der Waals surface area contributed by atoms with Crippen molar-refractivity contribution in [2.75, 3.05) is 4.90 Å². The predicted octanol–water partition coefficient (Wildman–Crippen LogP) is 1.49. The van der Waals surface area contributed by atoms with Gasteiger partial charge in [0.15, 0.2) is 0 Å². The number of nitrogens with two attached hydrogens (primary N) is 1. The van der Waals surface area contributed by atoms with Gasteiger partial charge < -0.3 is 14.0 Å². The van der Waals surface area contributed by atoms with Gasteiger partial charge in [-0.3, -0.25) is 4.90 Å². The molecule has 1 heterocycles. The quantitative estimate of drug-likeness (QED) is 0.876. The lowest BCUT2D eigenvalue weighted by molar-refractivity contribution is 0.202. The summed E-state index contributed by atoms with van der Waals surface area (Å²) >= 11 is 0. The molecule has 0 spiro atoms. The van der Waals surface area contributed by atoms with Gasteiger partial charge in [0.1, 0.15) is 17.2 Å². The van der Waals surface area contributed by atoms with Crippen LogP contribution in [0, 0.1) is 0 Å². The molecular formula is C14H12N2O6S. The van der Waals surface area contributed by atoms with Gasteiger partial charge in [-0.2, -0.15) is 13.6 Å².